The van der Waals surface area contributed by atoms with Gasteiger partial charge in [0.2, 0.25) is 0 Å². The van der Waals surface area contributed by atoms with E-state index in [1.807, 2.05) is 25.5 Å². The van der Waals surface area contributed by atoms with E-state index < -0.39 is 0 Å². The van der Waals surface area contributed by atoms with Crippen LogP contribution in [0.25, 0.3) is 10.8 Å². The molecule has 1 N–H and O–H groups in total. The molecule has 90 valence electrons. The number of aryl methyl sites for hydroxylation is 1. The minimum Gasteiger partial charge on any atom is -0.310 e. The number of thiazole rings is 1. The molecule has 4 nitrogen and oxygen atoms in total. The molecule has 2 heterocycles. The van der Waals surface area contributed by atoms with Crippen molar-refractivity contribution in [2.75, 3.05) is 0 Å². The Bertz CT molecular complexity index is 476. The van der Waals surface area contributed by atoms with E-state index in [1.165, 1.54) is 4.88 Å². The second-order valence-electron chi connectivity index (χ2n) is 4.25. The van der Waals surface area contributed by atoms with Gasteiger partial charge in [0.25, 0.3) is 0 Å². The SMILES string of the molecule is Cc1cnc(-c2ncc(CNC(C)C)s2)nc1. The lowest BCUT2D eigenvalue weighted by molar-refractivity contribution is 0.593. The van der Waals surface area contributed by atoms with Crippen LogP contribution >= 0.6 is 11.3 Å². The Morgan fingerprint density at radius 3 is 2.53 bits per heavy atom. The maximum absolute atomic E-state index is 4.35. The lowest BCUT2D eigenvalue weighted by Gasteiger charge is -2.04. The van der Waals surface area contributed by atoms with Gasteiger partial charge in [0, 0.05) is 36.1 Å². The van der Waals surface area contributed by atoms with Crippen molar-refractivity contribution in [2.24, 2.45) is 0 Å². The molecule has 0 aliphatic heterocycles. The summed E-state index contributed by atoms with van der Waals surface area (Å²) in [7, 11) is 0. The highest BCUT2D eigenvalue weighted by Crippen LogP contribution is 2.21. The van der Waals surface area contributed by atoms with Gasteiger partial charge in [0.1, 0.15) is 0 Å². The van der Waals surface area contributed by atoms with Crippen molar-refractivity contribution in [2.45, 2.75) is 33.4 Å². The first-order valence-electron chi connectivity index (χ1n) is 5.62. The Kier molecular flexibility index (Phi) is 3.81. The molecule has 0 aromatic carbocycles. The fraction of sp³-hybridized carbons (Fsp3) is 0.417. The second-order valence-corrected chi connectivity index (χ2v) is 5.37. The molecule has 5 heteroatoms. The lowest BCUT2D eigenvalue weighted by atomic mass is 10.4. The first-order valence-corrected chi connectivity index (χ1v) is 6.44. The third kappa shape index (κ3) is 3.31. The van der Waals surface area contributed by atoms with Gasteiger partial charge in [-0.15, -0.1) is 11.3 Å². The van der Waals surface area contributed by atoms with Gasteiger partial charge in [-0.2, -0.15) is 0 Å². The normalized spacial score (nSPS) is 11.1. The van der Waals surface area contributed by atoms with Crippen LogP contribution < -0.4 is 5.32 Å². The van der Waals surface area contributed by atoms with Crippen LogP contribution in [0.1, 0.15) is 24.3 Å². The summed E-state index contributed by atoms with van der Waals surface area (Å²) in [4.78, 5) is 14.1. The molecule has 0 spiro atoms. The predicted octanol–water partition coefficient (Wildman–Crippen LogP) is 2.41. The van der Waals surface area contributed by atoms with E-state index >= 15 is 0 Å². The van der Waals surface area contributed by atoms with Crippen LogP contribution in [0.4, 0.5) is 0 Å². The molecular formula is C12H16N4S. The van der Waals surface area contributed by atoms with Gasteiger partial charge in [-0.25, -0.2) is 15.0 Å². The number of nitrogens with one attached hydrogen (secondary N) is 1. The van der Waals surface area contributed by atoms with E-state index in [9.17, 15) is 0 Å². The van der Waals surface area contributed by atoms with Gasteiger partial charge in [-0.05, 0) is 12.5 Å². The Labute approximate surface area is 105 Å². The van der Waals surface area contributed by atoms with Crippen LogP contribution in [-0.4, -0.2) is 21.0 Å². The number of aromatic nitrogens is 3. The summed E-state index contributed by atoms with van der Waals surface area (Å²) in [6, 6.07) is 0.483. The highest BCUT2D eigenvalue weighted by Gasteiger charge is 2.07. The van der Waals surface area contributed by atoms with Crippen molar-refractivity contribution >= 4 is 11.3 Å². The number of hydrogen-bond donors (Lipinski definition) is 1. The first-order chi connectivity index (χ1) is 8.15. The zero-order chi connectivity index (χ0) is 12.3. The molecule has 2 aromatic rings. The summed E-state index contributed by atoms with van der Waals surface area (Å²) in [5.74, 6) is 0.705. The topological polar surface area (TPSA) is 50.7 Å². The molecule has 0 bridgehead atoms. The van der Waals surface area contributed by atoms with Crippen molar-refractivity contribution in [3.05, 3.63) is 29.0 Å². The zero-order valence-electron chi connectivity index (χ0n) is 10.3. The van der Waals surface area contributed by atoms with E-state index in [1.54, 1.807) is 11.3 Å². The Balaban J connectivity index is 2.10. The monoisotopic (exact) mass is 248 g/mol. The standard InChI is InChI=1S/C12H16N4S/c1-8(2)13-6-10-7-16-12(17-10)11-14-4-9(3)5-15-11/h4-5,7-8,13H,6H2,1-3H3. The molecule has 0 fully saturated rings. The van der Waals surface area contributed by atoms with Crippen LogP contribution in [-0.2, 0) is 6.54 Å². The molecule has 0 unspecified atom stereocenters. The van der Waals surface area contributed by atoms with E-state index in [2.05, 4.69) is 34.1 Å². The van der Waals surface area contributed by atoms with Gasteiger partial charge >= 0.3 is 0 Å². The number of hydrogen-bond acceptors (Lipinski definition) is 5. The number of nitrogens with zero attached hydrogens (tertiary/aromatic N) is 3. The fourth-order valence-electron chi connectivity index (χ4n) is 1.30. The van der Waals surface area contributed by atoms with Gasteiger partial charge < -0.3 is 5.32 Å². The maximum atomic E-state index is 4.35. The summed E-state index contributed by atoms with van der Waals surface area (Å²) in [6.07, 6.45) is 5.52. The average molecular weight is 248 g/mol. The van der Waals surface area contributed by atoms with Gasteiger partial charge in [0.05, 0.1) is 0 Å². The van der Waals surface area contributed by atoms with Crippen LogP contribution in [0.5, 0.6) is 0 Å². The molecule has 2 aromatic heterocycles. The van der Waals surface area contributed by atoms with Crippen LogP contribution in [0.2, 0.25) is 0 Å². The molecule has 0 saturated heterocycles. The summed E-state index contributed by atoms with van der Waals surface area (Å²) in [6.45, 7) is 7.08. The molecule has 2 rings (SSSR count). The Hall–Kier alpha value is -1.33. The van der Waals surface area contributed by atoms with Gasteiger partial charge in [0.15, 0.2) is 10.8 Å². The van der Waals surface area contributed by atoms with Crippen LogP contribution in [0.15, 0.2) is 18.6 Å². The maximum Gasteiger partial charge on any atom is 0.188 e. The van der Waals surface area contributed by atoms with Crippen LogP contribution in [0.3, 0.4) is 0 Å². The second kappa shape index (κ2) is 5.33. The molecular weight excluding hydrogens is 232 g/mol. The average Bonchev–Trinajstić information content (AvgIpc) is 2.76. The Morgan fingerprint density at radius 2 is 1.88 bits per heavy atom. The Morgan fingerprint density at radius 1 is 1.18 bits per heavy atom. The van der Waals surface area contributed by atoms with Crippen molar-refractivity contribution in [1.82, 2.24) is 20.3 Å². The van der Waals surface area contributed by atoms with Crippen LogP contribution in [0, 0.1) is 6.92 Å². The summed E-state index contributed by atoms with van der Waals surface area (Å²) in [5.41, 5.74) is 1.06. The van der Waals surface area contributed by atoms with E-state index in [-0.39, 0.29) is 0 Å². The summed E-state index contributed by atoms with van der Waals surface area (Å²) < 4.78 is 0. The minimum absolute atomic E-state index is 0.483. The molecule has 0 radical (unpaired) electrons. The van der Waals surface area contributed by atoms with E-state index in [4.69, 9.17) is 0 Å². The summed E-state index contributed by atoms with van der Waals surface area (Å²) >= 11 is 1.64. The van der Waals surface area contributed by atoms with Gasteiger partial charge in [-0.1, -0.05) is 13.8 Å². The first kappa shape index (κ1) is 12.1. The zero-order valence-corrected chi connectivity index (χ0v) is 11.1. The minimum atomic E-state index is 0.483. The highest BCUT2D eigenvalue weighted by atomic mass is 32.1. The molecule has 0 aliphatic rings. The molecule has 0 atom stereocenters. The van der Waals surface area contributed by atoms with Crippen molar-refractivity contribution in [1.29, 1.82) is 0 Å². The van der Waals surface area contributed by atoms with E-state index in [0.717, 1.165) is 17.1 Å². The number of rotatable bonds is 4. The molecule has 0 saturated carbocycles. The smallest absolute Gasteiger partial charge is 0.188 e. The van der Waals surface area contributed by atoms with E-state index in [0.29, 0.717) is 11.9 Å². The largest absolute Gasteiger partial charge is 0.310 e. The molecule has 0 aliphatic carbocycles. The summed E-state index contributed by atoms with van der Waals surface area (Å²) in [5, 5.41) is 4.25. The molecule has 0 amide bonds. The fourth-order valence-corrected chi connectivity index (χ4v) is 2.11. The van der Waals surface area contributed by atoms with Gasteiger partial charge in [-0.3, -0.25) is 0 Å². The predicted molar refractivity (Wildman–Crippen MR) is 69.9 cm³/mol. The third-order valence-corrected chi connectivity index (χ3v) is 3.20. The third-order valence-electron chi connectivity index (χ3n) is 2.21. The highest BCUT2D eigenvalue weighted by molar-refractivity contribution is 7.14. The lowest BCUT2D eigenvalue weighted by Crippen LogP contribution is -2.21. The van der Waals surface area contributed by atoms with Crippen molar-refractivity contribution in [3.63, 3.8) is 0 Å². The quantitative estimate of drug-likeness (QED) is 0.902. The van der Waals surface area contributed by atoms with Crippen molar-refractivity contribution in [3.8, 4) is 10.8 Å². The van der Waals surface area contributed by atoms with Crippen molar-refractivity contribution < 1.29 is 0 Å². The molecule has 17 heavy (non-hydrogen) atoms.